The van der Waals surface area contributed by atoms with E-state index in [0.717, 1.165) is 32.4 Å². The van der Waals surface area contributed by atoms with E-state index in [1.54, 1.807) is 18.2 Å². The number of nitrogens with zero attached hydrogens (tertiary/aromatic N) is 2. The molecule has 2 atom stereocenters. The molecule has 2 aliphatic heterocycles. The lowest BCUT2D eigenvalue weighted by Gasteiger charge is -2.50. The molecule has 2 aliphatic rings. The molecule has 2 saturated heterocycles. The predicted octanol–water partition coefficient (Wildman–Crippen LogP) is 0.891. The van der Waals surface area contributed by atoms with Crippen LogP contribution in [0.15, 0.2) is 24.3 Å². The number of carbonyl (C=O) groups excluding carboxylic acids is 2. The maximum absolute atomic E-state index is 13.1. The Kier molecular flexibility index (Phi) is 8.61. The van der Waals surface area contributed by atoms with Crippen molar-refractivity contribution in [3.8, 4) is 0 Å². The van der Waals surface area contributed by atoms with Crippen LogP contribution in [0.3, 0.4) is 0 Å². The van der Waals surface area contributed by atoms with Gasteiger partial charge in [-0.3, -0.25) is 14.4 Å². The zero-order valence-corrected chi connectivity index (χ0v) is 17.5. The van der Waals surface area contributed by atoms with Gasteiger partial charge in [-0.05, 0) is 44.5 Å². The smallest absolute Gasteiger partial charge is 0.325 e. The Morgan fingerprint density at radius 1 is 1.33 bits per heavy atom. The maximum Gasteiger partial charge on any atom is 0.325 e. The Balaban J connectivity index is 0.00000101. The number of hydrogen-bond donors (Lipinski definition) is 3. The summed E-state index contributed by atoms with van der Waals surface area (Å²) in [6, 6.07) is 7.17. The van der Waals surface area contributed by atoms with Crippen LogP contribution in [0.4, 0.5) is 5.69 Å². The molecule has 1 aromatic rings. The lowest BCUT2D eigenvalue weighted by atomic mass is 9.71. The van der Waals surface area contributed by atoms with Gasteiger partial charge in [0, 0.05) is 42.8 Å². The number of ether oxygens (including phenoxy) is 1. The highest BCUT2D eigenvalue weighted by Gasteiger charge is 2.45. The first-order chi connectivity index (χ1) is 14.3. The second kappa shape index (κ2) is 10.9. The zero-order valence-electron chi connectivity index (χ0n) is 17.5. The number of amides is 1. The molecule has 30 heavy (non-hydrogen) atoms. The molecule has 2 heterocycles. The average molecular weight is 421 g/mol. The number of rotatable bonds is 4. The van der Waals surface area contributed by atoms with Crippen molar-refractivity contribution in [1.29, 1.82) is 0 Å². The summed E-state index contributed by atoms with van der Waals surface area (Å²) in [7, 11) is 3.41. The molecule has 0 aliphatic carbocycles. The summed E-state index contributed by atoms with van der Waals surface area (Å²) >= 11 is 0. The quantitative estimate of drug-likeness (QED) is 0.484. The van der Waals surface area contributed by atoms with Crippen LogP contribution < -0.4 is 5.32 Å². The first kappa shape index (κ1) is 23.6. The molecule has 1 amide bonds. The predicted molar refractivity (Wildman–Crippen MR) is 111 cm³/mol. The number of aliphatic hydroxyl groups is 1. The van der Waals surface area contributed by atoms with E-state index in [0.29, 0.717) is 24.3 Å². The summed E-state index contributed by atoms with van der Waals surface area (Å²) in [5.41, 5.74) is 1.05. The Bertz CT molecular complexity index is 743. The van der Waals surface area contributed by atoms with Crippen LogP contribution in [-0.4, -0.2) is 91.3 Å². The molecule has 0 saturated carbocycles. The van der Waals surface area contributed by atoms with Crippen LogP contribution in [0.1, 0.15) is 29.6 Å². The van der Waals surface area contributed by atoms with Gasteiger partial charge in [0.2, 0.25) is 0 Å². The Morgan fingerprint density at radius 3 is 2.77 bits per heavy atom. The van der Waals surface area contributed by atoms with Gasteiger partial charge < -0.3 is 30.1 Å². The third-order valence-corrected chi connectivity index (χ3v) is 5.75. The van der Waals surface area contributed by atoms with Crippen molar-refractivity contribution >= 4 is 24.0 Å². The topological polar surface area (TPSA) is 119 Å². The number of methoxy groups -OCH3 is 1. The molecular weight excluding hydrogens is 390 g/mol. The van der Waals surface area contributed by atoms with E-state index in [4.69, 9.17) is 9.90 Å². The van der Waals surface area contributed by atoms with E-state index in [1.165, 1.54) is 7.11 Å². The lowest BCUT2D eigenvalue weighted by molar-refractivity contribution is -0.138. The lowest BCUT2D eigenvalue weighted by Crippen LogP contribution is -2.59. The Hall–Kier alpha value is -2.65. The summed E-state index contributed by atoms with van der Waals surface area (Å²) in [6.07, 6.45) is 2.24. The van der Waals surface area contributed by atoms with Gasteiger partial charge >= 0.3 is 5.97 Å². The first-order valence-electron chi connectivity index (χ1n) is 9.99. The van der Waals surface area contributed by atoms with Crippen molar-refractivity contribution in [2.45, 2.75) is 25.4 Å². The fourth-order valence-electron chi connectivity index (χ4n) is 4.30. The summed E-state index contributed by atoms with van der Waals surface area (Å²) in [6.45, 7) is 2.80. The molecule has 9 nitrogen and oxygen atoms in total. The van der Waals surface area contributed by atoms with Gasteiger partial charge in [0.1, 0.15) is 6.54 Å². The standard InChI is InChI=1S/C20H29N3O4.CH2O2/c1-22-10-7-17(24)20(13-22)8-4-9-23(14-20)19(26)15-5-3-6-16(11-15)21-12-18(25)27-2;2-1-3/h3,5-6,11,17,21,24H,4,7-10,12-14H2,1-2H3;1H,(H,2,3)/t17-,20-;/m0./s1. The number of aliphatic hydroxyl groups excluding tert-OH is 1. The van der Waals surface area contributed by atoms with E-state index in [-0.39, 0.29) is 36.4 Å². The normalized spacial score (nSPS) is 23.8. The van der Waals surface area contributed by atoms with Crippen LogP contribution >= 0.6 is 0 Å². The SMILES string of the molecule is COC(=O)CNc1cccc(C(=O)N2CCC[C@]3(CN(C)CC[C@@H]3O)C2)c1.O=CO. The molecule has 0 aromatic heterocycles. The van der Waals surface area contributed by atoms with Gasteiger partial charge in [-0.2, -0.15) is 0 Å². The van der Waals surface area contributed by atoms with E-state index in [9.17, 15) is 14.7 Å². The molecular formula is C21H31N3O6. The number of anilines is 1. The number of benzene rings is 1. The summed E-state index contributed by atoms with van der Waals surface area (Å²) in [4.78, 5) is 36.8. The number of piperidine rings is 2. The highest BCUT2D eigenvalue weighted by atomic mass is 16.5. The summed E-state index contributed by atoms with van der Waals surface area (Å²) < 4.78 is 4.62. The van der Waals surface area contributed by atoms with Crippen molar-refractivity contribution in [3.05, 3.63) is 29.8 Å². The number of carbonyl (C=O) groups is 3. The van der Waals surface area contributed by atoms with Gasteiger partial charge in [-0.25, -0.2) is 0 Å². The highest BCUT2D eigenvalue weighted by Crippen LogP contribution is 2.38. The minimum Gasteiger partial charge on any atom is -0.483 e. The first-order valence-corrected chi connectivity index (χ1v) is 9.99. The van der Waals surface area contributed by atoms with E-state index in [2.05, 4.69) is 22.0 Å². The van der Waals surface area contributed by atoms with Crippen LogP contribution in [-0.2, 0) is 14.3 Å². The molecule has 1 aromatic carbocycles. The highest BCUT2D eigenvalue weighted by molar-refractivity contribution is 5.95. The van der Waals surface area contributed by atoms with Gasteiger partial charge in [-0.1, -0.05) is 6.07 Å². The minimum atomic E-state index is -0.364. The fraction of sp³-hybridized carbons (Fsp3) is 0.571. The van der Waals surface area contributed by atoms with Gasteiger partial charge in [0.25, 0.3) is 12.4 Å². The monoisotopic (exact) mass is 421 g/mol. The van der Waals surface area contributed by atoms with Crippen LogP contribution in [0.25, 0.3) is 0 Å². The number of esters is 1. The second-order valence-electron chi connectivity index (χ2n) is 7.85. The van der Waals surface area contributed by atoms with Crippen molar-refractivity contribution in [3.63, 3.8) is 0 Å². The molecule has 3 N–H and O–H groups in total. The molecule has 0 unspecified atom stereocenters. The number of carboxylic acid groups (broad SMARTS) is 1. The zero-order chi connectivity index (χ0) is 22.1. The average Bonchev–Trinajstić information content (AvgIpc) is 2.75. The molecule has 2 fully saturated rings. The van der Waals surface area contributed by atoms with Crippen LogP contribution in [0, 0.1) is 5.41 Å². The number of hydrogen-bond acceptors (Lipinski definition) is 7. The Labute approximate surface area is 176 Å². The molecule has 0 radical (unpaired) electrons. The number of likely N-dealkylation sites (tertiary alicyclic amines) is 2. The van der Waals surface area contributed by atoms with Crippen LogP contribution in [0.5, 0.6) is 0 Å². The summed E-state index contributed by atoms with van der Waals surface area (Å²) in [5.74, 6) is -0.392. The molecule has 1 spiro atoms. The molecule has 3 rings (SSSR count). The van der Waals surface area contributed by atoms with E-state index < -0.39 is 0 Å². The minimum absolute atomic E-state index is 0.0313. The van der Waals surface area contributed by atoms with E-state index >= 15 is 0 Å². The molecule has 9 heteroatoms. The Morgan fingerprint density at radius 2 is 2.07 bits per heavy atom. The van der Waals surface area contributed by atoms with Gasteiger partial charge in [0.05, 0.1) is 13.2 Å². The van der Waals surface area contributed by atoms with E-state index in [1.807, 2.05) is 11.0 Å². The van der Waals surface area contributed by atoms with Crippen molar-refractivity contribution in [2.75, 3.05) is 52.2 Å². The largest absolute Gasteiger partial charge is 0.483 e. The molecule has 166 valence electrons. The second-order valence-corrected chi connectivity index (χ2v) is 7.85. The van der Waals surface area contributed by atoms with Crippen molar-refractivity contribution in [1.82, 2.24) is 9.80 Å². The maximum atomic E-state index is 13.1. The van der Waals surface area contributed by atoms with Crippen molar-refractivity contribution in [2.24, 2.45) is 5.41 Å². The number of nitrogens with one attached hydrogen (secondary N) is 1. The third-order valence-electron chi connectivity index (χ3n) is 5.75. The summed E-state index contributed by atoms with van der Waals surface area (Å²) in [5, 5.41) is 20.5. The fourth-order valence-corrected chi connectivity index (χ4v) is 4.30. The van der Waals surface area contributed by atoms with Crippen LogP contribution in [0.2, 0.25) is 0 Å². The van der Waals surface area contributed by atoms with Gasteiger partial charge in [-0.15, -0.1) is 0 Å². The van der Waals surface area contributed by atoms with Gasteiger partial charge in [0.15, 0.2) is 0 Å². The third kappa shape index (κ3) is 5.93. The molecule has 0 bridgehead atoms. The van der Waals surface area contributed by atoms with Crippen molar-refractivity contribution < 1.29 is 29.3 Å².